The molecule has 0 rings (SSSR count). The van der Waals surface area contributed by atoms with Crippen molar-refractivity contribution < 1.29 is 0 Å². The van der Waals surface area contributed by atoms with Crippen LogP contribution in [-0.4, -0.2) is 0 Å². The van der Waals surface area contributed by atoms with Crippen molar-refractivity contribution >= 4 is 0 Å². The van der Waals surface area contributed by atoms with Crippen molar-refractivity contribution in [3.05, 3.63) is 0 Å². The van der Waals surface area contributed by atoms with Gasteiger partial charge < -0.3 is 0 Å². The molecule has 0 aromatic heterocycles. The van der Waals surface area contributed by atoms with Crippen LogP contribution in [0.2, 0.25) is 0 Å². The highest BCUT2D eigenvalue weighted by molar-refractivity contribution is 4.70. The first-order valence-corrected chi connectivity index (χ1v) is 10.5. The van der Waals surface area contributed by atoms with Crippen molar-refractivity contribution in [2.45, 2.75) is 119 Å². The van der Waals surface area contributed by atoms with E-state index in [4.69, 9.17) is 0 Å². The quantitative estimate of drug-likeness (QED) is 0.267. The third-order valence-electron chi connectivity index (χ3n) is 5.62. The summed E-state index contributed by atoms with van der Waals surface area (Å²) in [4.78, 5) is 0. The average molecular weight is 311 g/mol. The predicted octanol–water partition coefficient (Wildman–Crippen LogP) is 8.25. The van der Waals surface area contributed by atoms with E-state index in [-0.39, 0.29) is 0 Å². The van der Waals surface area contributed by atoms with Gasteiger partial charge in [-0.3, -0.25) is 0 Å². The molecule has 4 atom stereocenters. The van der Waals surface area contributed by atoms with Gasteiger partial charge in [0.2, 0.25) is 0 Å². The first-order chi connectivity index (χ1) is 10.5. The summed E-state index contributed by atoms with van der Waals surface area (Å²) in [5.74, 6) is 3.77. The highest BCUT2D eigenvalue weighted by Crippen LogP contribution is 2.31. The van der Waals surface area contributed by atoms with Gasteiger partial charge in [-0.25, -0.2) is 0 Å². The van der Waals surface area contributed by atoms with Gasteiger partial charge in [0.1, 0.15) is 0 Å². The van der Waals surface area contributed by atoms with Crippen LogP contribution >= 0.6 is 0 Å². The second kappa shape index (κ2) is 14.6. The zero-order valence-corrected chi connectivity index (χ0v) is 16.8. The fraction of sp³-hybridized carbons (Fsp3) is 1.00. The molecule has 4 unspecified atom stereocenters. The second-order valence-electron chi connectivity index (χ2n) is 8.19. The monoisotopic (exact) mass is 310 g/mol. The van der Waals surface area contributed by atoms with Crippen LogP contribution < -0.4 is 0 Å². The Bertz CT molecular complexity index is 220. The Kier molecular flexibility index (Phi) is 14.6. The molecule has 0 aliphatic carbocycles. The molecular weight excluding hydrogens is 264 g/mol. The Labute approximate surface area is 142 Å². The lowest BCUT2D eigenvalue weighted by Gasteiger charge is -2.27. The maximum atomic E-state index is 2.53. The molecule has 0 saturated carbocycles. The smallest absolute Gasteiger partial charge is 0.0386 e. The molecule has 0 nitrogen and oxygen atoms in total. The van der Waals surface area contributed by atoms with Gasteiger partial charge >= 0.3 is 0 Å². The lowest BCUT2D eigenvalue weighted by molar-refractivity contribution is 0.242. The first kappa shape index (κ1) is 22.0. The molecular formula is C22H46. The van der Waals surface area contributed by atoms with Gasteiger partial charge in [-0.05, 0) is 30.1 Å². The summed E-state index contributed by atoms with van der Waals surface area (Å²) in [6, 6.07) is 0. The molecule has 0 aromatic carbocycles. The largest absolute Gasteiger partial charge is 0.0654 e. The minimum atomic E-state index is 0.925. The van der Waals surface area contributed by atoms with Gasteiger partial charge in [-0.15, -0.1) is 0 Å². The Morgan fingerprint density at radius 3 is 1.77 bits per heavy atom. The summed E-state index contributed by atoms with van der Waals surface area (Å²) < 4.78 is 0. The van der Waals surface area contributed by atoms with Gasteiger partial charge in [-0.1, -0.05) is 112 Å². The van der Waals surface area contributed by atoms with E-state index >= 15 is 0 Å². The van der Waals surface area contributed by atoms with E-state index in [9.17, 15) is 0 Å². The van der Waals surface area contributed by atoms with Gasteiger partial charge in [0.15, 0.2) is 0 Å². The molecule has 0 N–H and O–H groups in total. The fourth-order valence-electron chi connectivity index (χ4n) is 3.98. The molecule has 0 heteroatoms. The summed E-state index contributed by atoms with van der Waals surface area (Å²) >= 11 is 0. The van der Waals surface area contributed by atoms with Crippen molar-refractivity contribution in [3.63, 3.8) is 0 Å². The summed E-state index contributed by atoms with van der Waals surface area (Å²) in [6.45, 7) is 14.5. The van der Waals surface area contributed by atoms with Gasteiger partial charge in [-0.2, -0.15) is 0 Å². The van der Waals surface area contributed by atoms with Crippen molar-refractivity contribution in [3.8, 4) is 0 Å². The maximum absolute atomic E-state index is 2.53. The Hall–Kier alpha value is 0. The molecule has 0 bridgehead atoms. The third-order valence-corrected chi connectivity index (χ3v) is 5.62. The standard InChI is InChI=1S/C22H46/c1-7-10-11-12-15-21(6)22(14-9-3)18-20(5)17-16-19(4)13-8-2/h19-22H,7-18H2,1-6H3. The van der Waals surface area contributed by atoms with Crippen LogP contribution in [0.5, 0.6) is 0 Å². The molecule has 0 aliphatic heterocycles. The SMILES string of the molecule is CCCCCCC(C)C(CCC)CC(C)CCC(C)CCC. The van der Waals surface area contributed by atoms with E-state index in [2.05, 4.69) is 41.5 Å². The zero-order valence-electron chi connectivity index (χ0n) is 16.8. The van der Waals surface area contributed by atoms with Crippen molar-refractivity contribution in [1.82, 2.24) is 0 Å². The second-order valence-corrected chi connectivity index (χ2v) is 8.19. The van der Waals surface area contributed by atoms with E-state index in [1.54, 1.807) is 0 Å². The lowest BCUT2D eigenvalue weighted by atomic mass is 9.79. The highest BCUT2D eigenvalue weighted by atomic mass is 14.2. The van der Waals surface area contributed by atoms with Crippen LogP contribution in [0.1, 0.15) is 119 Å². The number of hydrogen-bond acceptors (Lipinski definition) is 0. The van der Waals surface area contributed by atoms with E-state index in [1.165, 1.54) is 77.0 Å². The van der Waals surface area contributed by atoms with Crippen LogP contribution in [-0.2, 0) is 0 Å². The minimum Gasteiger partial charge on any atom is -0.0654 e. The molecule has 0 fully saturated rings. The Balaban J connectivity index is 4.08. The van der Waals surface area contributed by atoms with Crippen LogP contribution in [0.15, 0.2) is 0 Å². The molecule has 134 valence electrons. The summed E-state index contributed by atoms with van der Waals surface area (Å²) in [7, 11) is 0. The maximum Gasteiger partial charge on any atom is -0.0386 e. The van der Waals surface area contributed by atoms with Crippen molar-refractivity contribution in [1.29, 1.82) is 0 Å². The van der Waals surface area contributed by atoms with E-state index in [0.717, 1.165) is 23.7 Å². The normalized spacial score (nSPS) is 17.2. The van der Waals surface area contributed by atoms with Gasteiger partial charge in [0, 0.05) is 0 Å². The lowest BCUT2D eigenvalue weighted by Crippen LogP contribution is -2.16. The Morgan fingerprint density at radius 1 is 0.545 bits per heavy atom. The Morgan fingerprint density at radius 2 is 1.18 bits per heavy atom. The van der Waals surface area contributed by atoms with E-state index in [0.29, 0.717) is 0 Å². The molecule has 0 radical (unpaired) electrons. The van der Waals surface area contributed by atoms with Crippen molar-refractivity contribution in [2.75, 3.05) is 0 Å². The highest BCUT2D eigenvalue weighted by Gasteiger charge is 2.19. The van der Waals surface area contributed by atoms with Crippen LogP contribution in [0.3, 0.4) is 0 Å². The van der Waals surface area contributed by atoms with Crippen LogP contribution in [0.4, 0.5) is 0 Å². The van der Waals surface area contributed by atoms with Crippen LogP contribution in [0.25, 0.3) is 0 Å². The third kappa shape index (κ3) is 11.6. The molecule has 0 aromatic rings. The van der Waals surface area contributed by atoms with Crippen LogP contribution in [0, 0.1) is 23.7 Å². The van der Waals surface area contributed by atoms with Gasteiger partial charge in [0.05, 0.1) is 0 Å². The van der Waals surface area contributed by atoms with Gasteiger partial charge in [0.25, 0.3) is 0 Å². The molecule has 0 heterocycles. The summed E-state index contributed by atoms with van der Waals surface area (Å²) in [5.41, 5.74) is 0. The number of unbranched alkanes of at least 4 members (excludes halogenated alkanes) is 3. The van der Waals surface area contributed by atoms with E-state index in [1.807, 2.05) is 0 Å². The molecule has 0 spiro atoms. The van der Waals surface area contributed by atoms with E-state index < -0.39 is 0 Å². The zero-order chi connectivity index (χ0) is 16.8. The summed E-state index contributed by atoms with van der Waals surface area (Å²) in [6.07, 6.45) is 17.1. The fourth-order valence-corrected chi connectivity index (χ4v) is 3.98. The first-order valence-electron chi connectivity index (χ1n) is 10.5. The molecule has 0 aliphatic rings. The molecule has 0 saturated heterocycles. The van der Waals surface area contributed by atoms with Crippen molar-refractivity contribution in [2.24, 2.45) is 23.7 Å². The topological polar surface area (TPSA) is 0 Å². The predicted molar refractivity (Wildman–Crippen MR) is 103 cm³/mol. The minimum absolute atomic E-state index is 0.925. The molecule has 0 amide bonds. The number of hydrogen-bond donors (Lipinski definition) is 0. The number of rotatable bonds is 15. The molecule has 22 heavy (non-hydrogen) atoms. The average Bonchev–Trinajstić information content (AvgIpc) is 2.49. The summed E-state index contributed by atoms with van der Waals surface area (Å²) in [5, 5.41) is 0.